The van der Waals surface area contributed by atoms with Crippen molar-refractivity contribution in [3.05, 3.63) is 24.3 Å². The smallest absolute Gasteiger partial charge is 0.388 e. The van der Waals surface area contributed by atoms with E-state index in [1.165, 1.54) is 32.1 Å². The molecule has 4 nitrogen and oxygen atoms in total. The summed E-state index contributed by atoms with van der Waals surface area (Å²) in [4.78, 5) is 10.9. The quantitative estimate of drug-likeness (QED) is 0.418. The molecule has 0 saturated heterocycles. The van der Waals surface area contributed by atoms with Gasteiger partial charge in [-0.2, -0.15) is 0 Å². The molecule has 0 bridgehead atoms. The molecular formula is C22H29O4+. The predicted octanol–water partition coefficient (Wildman–Crippen LogP) is 2.86. The van der Waals surface area contributed by atoms with Crippen LogP contribution in [-0.4, -0.2) is 35.2 Å². The fourth-order valence-electron chi connectivity index (χ4n) is 2.65. The molecule has 0 amide bonds. The van der Waals surface area contributed by atoms with E-state index in [1.54, 1.807) is 24.3 Å². The molecule has 1 aliphatic rings. The Balaban J connectivity index is 2.20. The summed E-state index contributed by atoms with van der Waals surface area (Å²) in [5, 5.41) is 19.5. The lowest BCUT2D eigenvalue weighted by molar-refractivity contribution is -0.369. The van der Waals surface area contributed by atoms with Crippen LogP contribution in [0.1, 0.15) is 57.8 Å². The van der Waals surface area contributed by atoms with E-state index in [0.29, 0.717) is 25.2 Å². The summed E-state index contributed by atoms with van der Waals surface area (Å²) in [5.74, 6) is 11.8. The first-order valence-corrected chi connectivity index (χ1v) is 9.25. The first-order chi connectivity index (χ1) is 12.6. The van der Waals surface area contributed by atoms with E-state index in [0.717, 1.165) is 0 Å². The maximum absolute atomic E-state index is 10.9. The summed E-state index contributed by atoms with van der Waals surface area (Å²) in [6, 6.07) is 0. The highest BCUT2D eigenvalue weighted by molar-refractivity contribution is 5.66. The lowest BCUT2D eigenvalue weighted by Crippen LogP contribution is -2.04. The largest absolute Gasteiger partial charge is 0.579 e. The number of aliphatic hydroxyl groups is 2. The number of allylic oxidation sites excluding steroid dienone is 3. The summed E-state index contributed by atoms with van der Waals surface area (Å²) >= 11 is 0. The highest BCUT2D eigenvalue weighted by atomic mass is 16.4. The Morgan fingerprint density at radius 3 is 2.73 bits per heavy atom. The number of rotatable bonds is 7. The number of hydrogen-bond acceptors (Lipinski definition) is 3. The van der Waals surface area contributed by atoms with Gasteiger partial charge >= 0.3 is 5.97 Å². The minimum atomic E-state index is -0.776. The third-order valence-corrected chi connectivity index (χ3v) is 4.12. The molecule has 0 aromatic heterocycles. The van der Waals surface area contributed by atoms with Gasteiger partial charge in [0.05, 0.1) is 6.10 Å². The Bertz CT molecular complexity index is 604. The Morgan fingerprint density at radius 1 is 1.23 bits per heavy atom. The van der Waals surface area contributed by atoms with Crippen LogP contribution >= 0.6 is 0 Å². The van der Waals surface area contributed by atoms with Crippen molar-refractivity contribution in [2.24, 2.45) is 5.92 Å². The monoisotopic (exact) mass is 357 g/mol. The fourth-order valence-corrected chi connectivity index (χ4v) is 2.65. The Morgan fingerprint density at radius 2 is 2.00 bits per heavy atom. The predicted molar refractivity (Wildman–Crippen MR) is 103 cm³/mol. The second-order valence-electron chi connectivity index (χ2n) is 6.38. The molecule has 0 aromatic rings. The van der Waals surface area contributed by atoms with Crippen molar-refractivity contribution >= 4 is 12.8 Å². The molecule has 0 aliphatic heterocycles. The lowest BCUT2D eigenvalue weighted by atomic mass is 9.90. The van der Waals surface area contributed by atoms with Gasteiger partial charge in [0.1, 0.15) is 12.5 Å². The third kappa shape index (κ3) is 11.4. The molecule has 140 valence electrons. The lowest BCUT2D eigenvalue weighted by Gasteiger charge is -2.15. The van der Waals surface area contributed by atoms with Crippen molar-refractivity contribution in [2.75, 3.05) is 0 Å². The zero-order valence-corrected chi connectivity index (χ0v) is 15.3. The van der Waals surface area contributed by atoms with Crippen LogP contribution in [0, 0.1) is 29.6 Å². The van der Waals surface area contributed by atoms with Crippen LogP contribution < -0.4 is 0 Å². The Kier molecular flexibility index (Phi) is 11.9. The molecule has 0 radical (unpaired) electrons. The molecular weight excluding hydrogens is 328 g/mol. The van der Waals surface area contributed by atoms with Crippen LogP contribution in [0.2, 0.25) is 0 Å². The van der Waals surface area contributed by atoms with Gasteiger partial charge in [0, 0.05) is 17.1 Å². The van der Waals surface area contributed by atoms with E-state index >= 15 is 0 Å². The standard InChI is InChI=1S/C22H29O4/c1-26-22(25)18-10-17-21(24)15-8-3-2-7-14-20(23)16-9-13-19-11-5-4-6-12-19/h2-3,7,14,19-21,23-24H,1,4-6,10-12,16-18H2/q+1/b3-2+,14-7+. The zero-order chi connectivity index (χ0) is 19.0. The first kappa shape index (κ1) is 21.9. The van der Waals surface area contributed by atoms with Crippen LogP contribution in [-0.2, 0) is 9.22 Å². The second kappa shape index (κ2) is 14.1. The number of carbonyl (C=O) groups is 1. The highest BCUT2D eigenvalue weighted by Crippen LogP contribution is 2.22. The minimum absolute atomic E-state index is 0.225. The summed E-state index contributed by atoms with van der Waals surface area (Å²) in [7, 11) is 0. The fraction of sp³-hybridized carbons (Fsp3) is 0.545. The molecule has 0 spiro atoms. The summed E-state index contributed by atoms with van der Waals surface area (Å²) < 4.78 is 4.28. The van der Waals surface area contributed by atoms with Gasteiger partial charge in [0.15, 0.2) is 6.79 Å². The molecule has 2 atom stereocenters. The van der Waals surface area contributed by atoms with Crippen LogP contribution in [0.15, 0.2) is 24.3 Å². The SMILES string of the molecule is C=[O+]C(=O)CCCC(O)C#C/C=C/C=C/C(O)CC#CC1CCCCC1. The molecule has 2 unspecified atom stereocenters. The van der Waals surface area contributed by atoms with Gasteiger partial charge in [-0.3, -0.25) is 4.42 Å². The van der Waals surface area contributed by atoms with Gasteiger partial charge in [-0.1, -0.05) is 61.2 Å². The molecule has 2 N–H and O–H groups in total. The van der Waals surface area contributed by atoms with E-state index < -0.39 is 18.2 Å². The minimum Gasteiger partial charge on any atom is -0.388 e. The number of aliphatic hydroxyl groups excluding tert-OH is 2. The second-order valence-corrected chi connectivity index (χ2v) is 6.38. The van der Waals surface area contributed by atoms with Crippen molar-refractivity contribution in [3.63, 3.8) is 0 Å². The average Bonchev–Trinajstić information content (AvgIpc) is 2.65. The van der Waals surface area contributed by atoms with Gasteiger partial charge in [-0.05, 0) is 31.8 Å². The van der Waals surface area contributed by atoms with Crippen molar-refractivity contribution in [2.45, 2.75) is 70.0 Å². The summed E-state index contributed by atoms with van der Waals surface area (Å²) in [6.07, 6.45) is 13.2. The van der Waals surface area contributed by atoms with Crippen LogP contribution in [0.25, 0.3) is 0 Å². The third-order valence-electron chi connectivity index (χ3n) is 4.12. The molecule has 1 rings (SSSR count). The number of hydrogen-bond donors (Lipinski definition) is 2. The summed E-state index contributed by atoms with van der Waals surface area (Å²) in [6.45, 7) is 3.03. The van der Waals surface area contributed by atoms with Crippen LogP contribution in [0.5, 0.6) is 0 Å². The molecule has 1 fully saturated rings. The van der Waals surface area contributed by atoms with Gasteiger partial charge in [0.2, 0.25) is 0 Å². The first-order valence-electron chi connectivity index (χ1n) is 9.25. The van der Waals surface area contributed by atoms with Crippen molar-refractivity contribution in [1.82, 2.24) is 0 Å². The molecule has 0 aromatic carbocycles. The zero-order valence-electron chi connectivity index (χ0n) is 15.3. The van der Waals surface area contributed by atoms with Crippen molar-refractivity contribution in [1.29, 1.82) is 0 Å². The Hall–Kier alpha value is -2.14. The van der Waals surface area contributed by atoms with Crippen molar-refractivity contribution in [3.8, 4) is 23.7 Å². The molecule has 0 heterocycles. The van der Waals surface area contributed by atoms with E-state index in [4.69, 9.17) is 0 Å². The molecule has 1 saturated carbocycles. The topological polar surface area (TPSA) is 68.8 Å². The van der Waals surface area contributed by atoms with Crippen LogP contribution in [0.3, 0.4) is 0 Å². The molecule has 26 heavy (non-hydrogen) atoms. The molecule has 4 heteroatoms. The maximum atomic E-state index is 10.9. The Labute approximate surface area is 156 Å². The maximum Gasteiger partial charge on any atom is 0.579 e. The summed E-state index contributed by atoms with van der Waals surface area (Å²) in [5.41, 5.74) is 0. The van der Waals surface area contributed by atoms with E-state index in [9.17, 15) is 15.0 Å². The van der Waals surface area contributed by atoms with Gasteiger partial charge < -0.3 is 10.2 Å². The van der Waals surface area contributed by atoms with E-state index in [2.05, 4.69) is 34.9 Å². The normalized spacial score (nSPS) is 17.2. The van der Waals surface area contributed by atoms with E-state index in [-0.39, 0.29) is 6.42 Å². The number of carbonyl (C=O) groups excluding carboxylic acids is 2. The average molecular weight is 357 g/mol. The molecule has 1 aliphatic carbocycles. The van der Waals surface area contributed by atoms with Crippen molar-refractivity contribution < 1.29 is 19.4 Å². The van der Waals surface area contributed by atoms with Gasteiger partial charge in [-0.15, -0.1) is 0 Å². The highest BCUT2D eigenvalue weighted by Gasteiger charge is 2.11. The van der Waals surface area contributed by atoms with Gasteiger partial charge in [-0.25, -0.2) is 0 Å². The van der Waals surface area contributed by atoms with Gasteiger partial charge in [0.25, 0.3) is 0 Å². The van der Waals surface area contributed by atoms with Crippen LogP contribution in [0.4, 0.5) is 0 Å². The van der Waals surface area contributed by atoms with E-state index in [1.807, 2.05) is 0 Å².